The van der Waals surface area contributed by atoms with E-state index in [2.05, 4.69) is 10.0 Å². The van der Waals surface area contributed by atoms with Gasteiger partial charge in [-0.2, -0.15) is 0 Å². The van der Waals surface area contributed by atoms with E-state index >= 15 is 0 Å². The highest BCUT2D eigenvalue weighted by Gasteiger charge is 2.14. The van der Waals surface area contributed by atoms with Gasteiger partial charge in [-0.25, -0.2) is 13.1 Å². The number of carbonyl (C=O) groups is 1. The number of carbonyl (C=O) groups excluding carboxylic acids is 1. The number of para-hydroxylation sites is 1. The summed E-state index contributed by atoms with van der Waals surface area (Å²) in [5, 5.41) is 2.85. The summed E-state index contributed by atoms with van der Waals surface area (Å²) in [4.78, 5) is 12.4. The minimum Gasteiger partial charge on any atom is -0.493 e. The molecule has 0 aromatic heterocycles. The summed E-state index contributed by atoms with van der Waals surface area (Å²) in [6.07, 6.45) is 0.482. The molecule has 9 heteroatoms. The fourth-order valence-electron chi connectivity index (χ4n) is 3.50. The second-order valence-electron chi connectivity index (χ2n) is 7.91. The van der Waals surface area contributed by atoms with Crippen LogP contribution in [0.15, 0.2) is 65.6 Å². The molecule has 0 aliphatic carbocycles. The molecule has 3 aromatic rings. The van der Waals surface area contributed by atoms with Crippen LogP contribution in [-0.2, 0) is 21.2 Å². The van der Waals surface area contributed by atoms with Gasteiger partial charge in [0.15, 0.2) is 18.1 Å². The highest BCUT2D eigenvalue weighted by atomic mass is 32.2. The maximum Gasteiger partial charge on any atom is 0.262 e. The predicted octanol–water partition coefficient (Wildman–Crippen LogP) is 3.86. The van der Waals surface area contributed by atoms with Crippen molar-refractivity contribution in [3.63, 3.8) is 0 Å². The normalized spacial score (nSPS) is 11.1. The third-order valence-corrected chi connectivity index (χ3v) is 6.88. The molecule has 3 rings (SSSR count). The topological polar surface area (TPSA) is 103 Å². The summed E-state index contributed by atoms with van der Waals surface area (Å²) >= 11 is 0. The van der Waals surface area contributed by atoms with Crippen LogP contribution in [0.3, 0.4) is 0 Å². The molecule has 35 heavy (non-hydrogen) atoms. The van der Waals surface area contributed by atoms with Crippen molar-refractivity contribution in [3.05, 3.63) is 77.4 Å². The van der Waals surface area contributed by atoms with Crippen LogP contribution < -0.4 is 24.2 Å². The molecule has 0 heterocycles. The summed E-state index contributed by atoms with van der Waals surface area (Å²) in [7, 11) is -0.588. The number of benzene rings is 3. The van der Waals surface area contributed by atoms with Crippen molar-refractivity contribution in [2.45, 2.75) is 25.2 Å². The Hall–Kier alpha value is -3.56. The lowest BCUT2D eigenvalue weighted by molar-refractivity contribution is -0.118. The van der Waals surface area contributed by atoms with E-state index in [1.165, 1.54) is 24.3 Å². The molecule has 0 saturated carbocycles. The van der Waals surface area contributed by atoms with E-state index in [9.17, 15) is 13.2 Å². The molecule has 0 atom stereocenters. The van der Waals surface area contributed by atoms with Crippen LogP contribution in [0.1, 0.15) is 16.7 Å². The fourth-order valence-corrected chi connectivity index (χ4v) is 4.53. The Labute approximate surface area is 206 Å². The Balaban J connectivity index is 1.52. The van der Waals surface area contributed by atoms with Gasteiger partial charge in [-0.15, -0.1) is 0 Å². The third kappa shape index (κ3) is 6.97. The van der Waals surface area contributed by atoms with Crippen molar-refractivity contribution >= 4 is 21.6 Å². The average molecular weight is 499 g/mol. The van der Waals surface area contributed by atoms with Gasteiger partial charge in [0.2, 0.25) is 10.0 Å². The molecule has 3 aromatic carbocycles. The number of anilines is 1. The van der Waals surface area contributed by atoms with Gasteiger partial charge in [0.1, 0.15) is 5.75 Å². The van der Waals surface area contributed by atoms with E-state index in [0.717, 1.165) is 22.4 Å². The van der Waals surface area contributed by atoms with Crippen LogP contribution in [-0.4, -0.2) is 41.7 Å². The molecule has 0 spiro atoms. The Bertz CT molecular complexity index is 1250. The average Bonchev–Trinajstić information content (AvgIpc) is 2.85. The van der Waals surface area contributed by atoms with E-state index in [1.807, 2.05) is 44.2 Å². The zero-order chi connectivity index (χ0) is 25.4. The molecule has 8 nitrogen and oxygen atoms in total. The second kappa shape index (κ2) is 11.7. The first-order chi connectivity index (χ1) is 16.7. The Morgan fingerprint density at radius 1 is 0.886 bits per heavy atom. The predicted molar refractivity (Wildman–Crippen MR) is 135 cm³/mol. The van der Waals surface area contributed by atoms with Crippen LogP contribution >= 0.6 is 0 Å². The number of sulfonamides is 1. The minimum atomic E-state index is -3.70. The quantitative estimate of drug-likeness (QED) is 0.416. The lowest BCUT2D eigenvalue weighted by Gasteiger charge is -2.12. The van der Waals surface area contributed by atoms with E-state index < -0.39 is 10.0 Å². The molecule has 0 aliphatic heterocycles. The lowest BCUT2D eigenvalue weighted by Crippen LogP contribution is -2.26. The number of aryl methyl sites for hydroxylation is 2. The first-order valence-electron chi connectivity index (χ1n) is 11.0. The van der Waals surface area contributed by atoms with E-state index in [0.29, 0.717) is 23.7 Å². The second-order valence-corrected chi connectivity index (χ2v) is 9.68. The Morgan fingerprint density at radius 2 is 1.54 bits per heavy atom. The van der Waals surface area contributed by atoms with E-state index in [-0.39, 0.29) is 24.0 Å². The van der Waals surface area contributed by atoms with Crippen LogP contribution in [0.5, 0.6) is 17.2 Å². The Morgan fingerprint density at radius 3 is 2.17 bits per heavy atom. The van der Waals surface area contributed by atoms with Gasteiger partial charge in [0.05, 0.1) is 19.1 Å². The van der Waals surface area contributed by atoms with Gasteiger partial charge in [-0.3, -0.25) is 4.79 Å². The van der Waals surface area contributed by atoms with Crippen molar-refractivity contribution < 1.29 is 27.4 Å². The van der Waals surface area contributed by atoms with Crippen LogP contribution in [0.2, 0.25) is 0 Å². The van der Waals surface area contributed by atoms with Crippen LogP contribution in [0, 0.1) is 13.8 Å². The highest BCUT2D eigenvalue weighted by molar-refractivity contribution is 7.89. The van der Waals surface area contributed by atoms with Gasteiger partial charge in [0.25, 0.3) is 5.91 Å². The summed E-state index contributed by atoms with van der Waals surface area (Å²) < 4.78 is 43.9. The molecule has 0 aliphatic rings. The monoisotopic (exact) mass is 498 g/mol. The van der Waals surface area contributed by atoms with Crippen molar-refractivity contribution in [3.8, 4) is 17.2 Å². The molecular weight excluding hydrogens is 468 g/mol. The van der Waals surface area contributed by atoms with Gasteiger partial charge in [0, 0.05) is 12.2 Å². The molecular formula is C26H30N2O6S. The third-order valence-electron chi connectivity index (χ3n) is 5.40. The van der Waals surface area contributed by atoms with E-state index in [1.54, 1.807) is 20.3 Å². The van der Waals surface area contributed by atoms with Crippen molar-refractivity contribution in [2.75, 3.05) is 32.7 Å². The van der Waals surface area contributed by atoms with Gasteiger partial charge < -0.3 is 19.5 Å². The number of rotatable bonds is 11. The molecule has 0 fully saturated rings. The summed E-state index contributed by atoms with van der Waals surface area (Å²) in [5.74, 6) is 1.30. The first-order valence-corrected chi connectivity index (χ1v) is 12.5. The van der Waals surface area contributed by atoms with Gasteiger partial charge in [-0.05, 0) is 73.4 Å². The molecule has 2 N–H and O–H groups in total. The molecule has 0 saturated heterocycles. The summed E-state index contributed by atoms with van der Waals surface area (Å²) in [5.41, 5.74) is 3.60. The summed E-state index contributed by atoms with van der Waals surface area (Å²) in [6.45, 7) is 3.87. The molecule has 0 unspecified atom stereocenters. The number of hydrogen-bond acceptors (Lipinski definition) is 6. The van der Waals surface area contributed by atoms with E-state index in [4.69, 9.17) is 14.2 Å². The Kier molecular flexibility index (Phi) is 8.73. The zero-order valence-corrected chi connectivity index (χ0v) is 21.1. The maximum atomic E-state index is 12.6. The molecule has 1 amide bonds. The largest absolute Gasteiger partial charge is 0.493 e. The van der Waals surface area contributed by atoms with Crippen LogP contribution in [0.25, 0.3) is 0 Å². The van der Waals surface area contributed by atoms with Crippen LogP contribution in [0.4, 0.5) is 5.69 Å². The maximum absolute atomic E-state index is 12.6. The first kappa shape index (κ1) is 26.1. The van der Waals surface area contributed by atoms with Crippen molar-refractivity contribution in [1.29, 1.82) is 0 Å². The number of methoxy groups -OCH3 is 2. The minimum absolute atomic E-state index is 0.108. The van der Waals surface area contributed by atoms with Gasteiger partial charge >= 0.3 is 0 Å². The number of amides is 1. The van der Waals surface area contributed by atoms with Gasteiger partial charge in [-0.1, -0.05) is 24.3 Å². The molecule has 0 bridgehead atoms. The number of ether oxygens (including phenoxy) is 3. The van der Waals surface area contributed by atoms with Crippen molar-refractivity contribution in [1.82, 2.24) is 4.72 Å². The summed E-state index contributed by atoms with van der Waals surface area (Å²) in [6, 6.07) is 17.2. The number of nitrogens with one attached hydrogen (secondary N) is 2. The fraction of sp³-hybridized carbons (Fsp3) is 0.269. The lowest BCUT2D eigenvalue weighted by atomic mass is 10.1. The zero-order valence-electron chi connectivity index (χ0n) is 20.3. The molecule has 186 valence electrons. The van der Waals surface area contributed by atoms with Crippen molar-refractivity contribution in [2.24, 2.45) is 0 Å². The molecule has 0 radical (unpaired) electrons. The smallest absolute Gasteiger partial charge is 0.262 e. The number of hydrogen-bond donors (Lipinski definition) is 2. The standard InChI is InChI=1S/C26H30N2O6S/c1-18-6-5-7-19(2)26(18)28-25(29)17-34-21-9-11-22(12-10-21)35(30,31)27-15-14-20-8-13-23(32-3)24(16-20)33-4/h5-13,16,27H,14-15,17H2,1-4H3,(H,28,29). The highest BCUT2D eigenvalue weighted by Crippen LogP contribution is 2.27. The SMILES string of the molecule is COc1ccc(CCNS(=O)(=O)c2ccc(OCC(=O)Nc3c(C)cccc3C)cc2)cc1OC.